The number of nitrogens with one attached hydrogen (secondary N) is 1. The molecule has 6 nitrogen and oxygen atoms in total. The summed E-state index contributed by atoms with van der Waals surface area (Å²) in [5, 5.41) is 4.77. The number of carbonyl (C=O) groups is 1. The molecule has 0 atom stereocenters. The highest BCUT2D eigenvalue weighted by atomic mass is 79.9. The Hall–Kier alpha value is -2.51. The lowest BCUT2D eigenvalue weighted by Crippen LogP contribution is -2.45. The van der Waals surface area contributed by atoms with Gasteiger partial charge in [0.2, 0.25) is 0 Å². The Morgan fingerprint density at radius 3 is 2.69 bits per heavy atom. The minimum atomic E-state index is 0.164. The number of aromatic nitrogens is 2. The van der Waals surface area contributed by atoms with Gasteiger partial charge in [0.1, 0.15) is 12.1 Å². The van der Waals surface area contributed by atoms with Crippen LogP contribution in [0.3, 0.4) is 0 Å². The van der Waals surface area contributed by atoms with Gasteiger partial charge < -0.3 is 15.1 Å². The van der Waals surface area contributed by atoms with Crippen LogP contribution in [-0.4, -0.2) is 53.0 Å². The Morgan fingerprint density at radius 1 is 1.06 bits per heavy atom. The summed E-state index contributed by atoms with van der Waals surface area (Å²) in [6, 6.07) is 11.1. The smallest absolute Gasteiger partial charge is 0.253 e. The highest BCUT2D eigenvalue weighted by Crippen LogP contribution is 2.32. The second kappa shape index (κ2) is 9.51. The maximum atomic E-state index is 13.3. The summed E-state index contributed by atoms with van der Waals surface area (Å²) in [6.45, 7) is 6.56. The number of nitrogens with zero attached hydrogens (tertiary/aromatic N) is 4. The predicted molar refractivity (Wildman–Crippen MR) is 143 cm³/mol. The zero-order valence-electron chi connectivity index (χ0n) is 20.3. The lowest BCUT2D eigenvalue weighted by molar-refractivity contribution is 0.0705. The molecule has 2 aromatic carbocycles. The molecule has 0 bridgehead atoms. The highest BCUT2D eigenvalue weighted by Gasteiger charge is 2.27. The van der Waals surface area contributed by atoms with Crippen LogP contribution in [0.25, 0.3) is 10.9 Å². The van der Waals surface area contributed by atoms with Gasteiger partial charge in [-0.3, -0.25) is 4.79 Å². The first-order chi connectivity index (χ1) is 17.0. The second-order valence-electron chi connectivity index (χ2n) is 10.4. The van der Waals surface area contributed by atoms with Crippen LogP contribution < -0.4 is 10.2 Å². The van der Waals surface area contributed by atoms with E-state index in [0.717, 1.165) is 90.2 Å². The molecule has 0 radical (unpaired) electrons. The van der Waals surface area contributed by atoms with Gasteiger partial charge in [0.25, 0.3) is 5.91 Å². The molecule has 3 heterocycles. The van der Waals surface area contributed by atoms with Crippen LogP contribution in [0.5, 0.6) is 0 Å². The van der Waals surface area contributed by atoms with Crippen molar-refractivity contribution in [2.24, 2.45) is 5.92 Å². The summed E-state index contributed by atoms with van der Waals surface area (Å²) in [5.74, 6) is 2.02. The van der Waals surface area contributed by atoms with Crippen LogP contribution in [0.15, 0.2) is 41.1 Å². The number of fused-ring (bicyclic) bond motifs is 2. The largest absolute Gasteiger partial charge is 0.351 e. The zero-order chi connectivity index (χ0) is 23.9. The van der Waals surface area contributed by atoms with Gasteiger partial charge in [-0.05, 0) is 92.4 Å². The Labute approximate surface area is 215 Å². The molecule has 1 amide bonds. The van der Waals surface area contributed by atoms with Crippen molar-refractivity contribution in [2.45, 2.75) is 51.6 Å². The van der Waals surface area contributed by atoms with Crippen molar-refractivity contribution in [1.29, 1.82) is 0 Å². The van der Waals surface area contributed by atoms with Crippen molar-refractivity contribution in [3.05, 3.63) is 63.4 Å². The normalized spacial score (nSPS) is 18.7. The van der Waals surface area contributed by atoms with Crippen molar-refractivity contribution in [2.75, 3.05) is 31.1 Å². The third-order valence-electron chi connectivity index (χ3n) is 7.81. The van der Waals surface area contributed by atoms with Crippen molar-refractivity contribution in [3.8, 4) is 0 Å². The number of rotatable bonds is 5. The van der Waals surface area contributed by atoms with Gasteiger partial charge in [-0.1, -0.05) is 22.0 Å². The number of amides is 1. The molecule has 6 rings (SSSR count). The second-order valence-corrected chi connectivity index (χ2v) is 11.3. The van der Waals surface area contributed by atoms with E-state index in [2.05, 4.69) is 67.3 Å². The lowest BCUT2D eigenvalue weighted by Gasteiger charge is -2.33. The number of halogens is 1. The van der Waals surface area contributed by atoms with E-state index in [4.69, 9.17) is 0 Å². The van der Waals surface area contributed by atoms with Crippen LogP contribution in [-0.2, 0) is 13.0 Å². The molecule has 2 fully saturated rings. The van der Waals surface area contributed by atoms with Gasteiger partial charge in [-0.25, -0.2) is 9.97 Å². The van der Waals surface area contributed by atoms with Crippen LogP contribution in [0, 0.1) is 12.8 Å². The van der Waals surface area contributed by atoms with E-state index in [1.807, 2.05) is 11.0 Å². The predicted octanol–water partition coefficient (Wildman–Crippen LogP) is 4.87. The van der Waals surface area contributed by atoms with Crippen LogP contribution >= 0.6 is 15.9 Å². The Morgan fingerprint density at radius 2 is 1.89 bits per heavy atom. The van der Waals surface area contributed by atoms with E-state index in [9.17, 15) is 4.79 Å². The number of likely N-dealkylation sites (tertiary alicyclic amines) is 1. The van der Waals surface area contributed by atoms with E-state index in [0.29, 0.717) is 6.04 Å². The van der Waals surface area contributed by atoms with Gasteiger partial charge in [0, 0.05) is 47.6 Å². The Balaban J connectivity index is 1.18. The number of benzene rings is 2. The summed E-state index contributed by atoms with van der Waals surface area (Å²) in [4.78, 5) is 26.9. The van der Waals surface area contributed by atoms with Crippen molar-refractivity contribution >= 4 is 38.6 Å². The average Bonchev–Trinajstić information content (AvgIpc) is 3.71. The molecule has 0 spiro atoms. The molecule has 3 aromatic rings. The number of hydrogen-bond acceptors (Lipinski definition) is 5. The third-order valence-corrected chi connectivity index (χ3v) is 8.27. The van der Waals surface area contributed by atoms with E-state index < -0.39 is 0 Å². The summed E-state index contributed by atoms with van der Waals surface area (Å²) in [6.07, 6.45) is 7.47. The van der Waals surface area contributed by atoms with E-state index >= 15 is 0 Å². The molecule has 7 heteroatoms. The maximum Gasteiger partial charge on any atom is 0.253 e. The van der Waals surface area contributed by atoms with Crippen LogP contribution in [0.1, 0.15) is 52.7 Å². The molecule has 182 valence electrons. The van der Waals surface area contributed by atoms with Crippen LogP contribution in [0.2, 0.25) is 0 Å². The van der Waals surface area contributed by atoms with Crippen molar-refractivity contribution < 1.29 is 4.79 Å². The molecule has 0 unspecified atom stereocenters. The lowest BCUT2D eigenvalue weighted by atomic mass is 9.96. The summed E-state index contributed by atoms with van der Waals surface area (Å²) in [5.41, 5.74) is 5.48. The quantitative estimate of drug-likeness (QED) is 0.507. The van der Waals surface area contributed by atoms with Crippen molar-refractivity contribution in [3.63, 3.8) is 0 Å². The number of hydrogen-bond donors (Lipinski definition) is 1. The van der Waals surface area contributed by atoms with Crippen molar-refractivity contribution in [1.82, 2.24) is 20.2 Å². The highest BCUT2D eigenvalue weighted by molar-refractivity contribution is 9.10. The number of aryl methyl sites for hydroxylation is 1. The molecule has 3 aliphatic rings. The van der Waals surface area contributed by atoms with Gasteiger partial charge in [-0.2, -0.15) is 0 Å². The molecule has 1 saturated carbocycles. The standard InChI is InChI=1S/C28H32BrN5O/c1-18-12-23(29)14-25-26(18)31-17-32-27(25)34-9-6-20-4-5-21(13-22(20)16-34)28(35)33-10-7-24(8-11-33)30-15-19-2-3-19/h4-5,12-14,17,19,24,30H,2-3,6-11,15-16H2,1H3. The maximum absolute atomic E-state index is 13.3. The third kappa shape index (κ3) is 4.81. The monoisotopic (exact) mass is 533 g/mol. The minimum Gasteiger partial charge on any atom is -0.351 e. The van der Waals surface area contributed by atoms with E-state index in [1.165, 1.54) is 24.0 Å². The fraction of sp³-hybridized carbons (Fsp3) is 0.464. The summed E-state index contributed by atoms with van der Waals surface area (Å²) >= 11 is 3.63. The van der Waals surface area contributed by atoms with E-state index in [-0.39, 0.29) is 5.91 Å². The molecular weight excluding hydrogens is 502 g/mol. The molecule has 2 aliphatic heterocycles. The SMILES string of the molecule is Cc1cc(Br)cc2c(N3CCc4ccc(C(=O)N5CCC(NCC6CC6)CC5)cc4C3)ncnc12. The summed E-state index contributed by atoms with van der Waals surface area (Å²) in [7, 11) is 0. The molecule has 1 aliphatic carbocycles. The average molecular weight is 535 g/mol. The molecule has 1 N–H and O–H groups in total. The fourth-order valence-corrected chi connectivity index (χ4v) is 6.11. The number of carbonyl (C=O) groups excluding carboxylic acids is 1. The van der Waals surface area contributed by atoms with E-state index in [1.54, 1.807) is 6.33 Å². The van der Waals surface area contributed by atoms with Gasteiger partial charge in [-0.15, -0.1) is 0 Å². The molecule has 35 heavy (non-hydrogen) atoms. The Kier molecular flexibility index (Phi) is 6.23. The van der Waals surface area contributed by atoms with Gasteiger partial charge in [0.15, 0.2) is 0 Å². The first-order valence-corrected chi connectivity index (χ1v) is 13.6. The number of anilines is 1. The van der Waals surface area contributed by atoms with Gasteiger partial charge in [0.05, 0.1) is 5.52 Å². The minimum absolute atomic E-state index is 0.164. The first-order valence-electron chi connectivity index (χ1n) is 12.9. The summed E-state index contributed by atoms with van der Waals surface area (Å²) < 4.78 is 1.04. The first kappa shape index (κ1) is 22.9. The Bertz CT molecular complexity index is 1270. The zero-order valence-corrected chi connectivity index (χ0v) is 21.9. The molecular formula is C28H32BrN5O. The fourth-order valence-electron chi connectivity index (χ4n) is 5.54. The molecule has 1 aromatic heterocycles. The van der Waals surface area contributed by atoms with Gasteiger partial charge >= 0.3 is 0 Å². The number of piperidine rings is 1. The topological polar surface area (TPSA) is 61.4 Å². The van der Waals surface area contributed by atoms with Crippen LogP contribution in [0.4, 0.5) is 5.82 Å². The molecule has 1 saturated heterocycles.